The Labute approximate surface area is 127 Å². The van der Waals surface area contributed by atoms with E-state index in [0.717, 1.165) is 15.6 Å². The number of aromatic amines is 1. The number of hydrogen-bond donors (Lipinski definition) is 2. The Balaban J connectivity index is 2.12. The summed E-state index contributed by atoms with van der Waals surface area (Å²) in [7, 11) is 0. The summed E-state index contributed by atoms with van der Waals surface area (Å²) in [6.07, 6.45) is 0. The molecule has 0 aliphatic heterocycles. The lowest BCUT2D eigenvalue weighted by atomic mass is 10.2. The van der Waals surface area contributed by atoms with Crippen LogP contribution in [0.15, 0.2) is 40.9 Å². The fourth-order valence-electron chi connectivity index (χ4n) is 1.92. The van der Waals surface area contributed by atoms with Gasteiger partial charge in [-0.1, -0.05) is 11.6 Å². The van der Waals surface area contributed by atoms with Crippen molar-refractivity contribution in [3.05, 3.63) is 51.5 Å². The number of H-pyrrole nitrogens is 1. The quantitative estimate of drug-likeness (QED) is 0.721. The maximum atomic E-state index is 10.9. The molecule has 0 saturated carbocycles. The molecule has 0 aliphatic rings. The average Bonchev–Trinajstić information content (AvgIpc) is 2.84. The lowest BCUT2D eigenvalue weighted by Crippen LogP contribution is -1.94. The van der Waals surface area contributed by atoms with E-state index >= 15 is 0 Å². The topological polar surface area (TPSA) is 66.0 Å². The van der Waals surface area contributed by atoms with Crippen molar-refractivity contribution in [3.63, 3.8) is 0 Å². The number of hydrogen-bond acceptors (Lipinski definition) is 2. The number of fused-ring (bicyclic) bond motifs is 1. The largest absolute Gasteiger partial charge is 0.478 e. The SMILES string of the molecule is O=C(O)c1ccc2nc(-c3ccc(Cl)c(Br)c3)[nH]c2c1. The Kier molecular flexibility index (Phi) is 3.23. The van der Waals surface area contributed by atoms with Crippen molar-refractivity contribution >= 4 is 44.5 Å². The minimum absolute atomic E-state index is 0.227. The number of rotatable bonds is 2. The molecule has 0 aliphatic carbocycles. The predicted octanol–water partition coefficient (Wildman–Crippen LogP) is 4.34. The Morgan fingerprint density at radius 3 is 2.75 bits per heavy atom. The molecule has 0 fully saturated rings. The summed E-state index contributed by atoms with van der Waals surface area (Å²) in [5, 5.41) is 9.60. The van der Waals surface area contributed by atoms with E-state index < -0.39 is 5.97 Å². The third kappa shape index (κ3) is 2.30. The maximum Gasteiger partial charge on any atom is 0.335 e. The highest BCUT2D eigenvalue weighted by molar-refractivity contribution is 9.10. The van der Waals surface area contributed by atoms with Crippen LogP contribution in [-0.4, -0.2) is 21.0 Å². The molecule has 100 valence electrons. The summed E-state index contributed by atoms with van der Waals surface area (Å²) < 4.78 is 0.781. The van der Waals surface area contributed by atoms with Crippen molar-refractivity contribution in [2.45, 2.75) is 0 Å². The van der Waals surface area contributed by atoms with E-state index in [2.05, 4.69) is 25.9 Å². The highest BCUT2D eigenvalue weighted by Gasteiger charge is 2.09. The molecule has 6 heteroatoms. The molecule has 0 unspecified atom stereocenters. The van der Waals surface area contributed by atoms with E-state index in [-0.39, 0.29) is 5.56 Å². The summed E-state index contributed by atoms with van der Waals surface area (Å²) in [5.74, 6) is -0.294. The summed E-state index contributed by atoms with van der Waals surface area (Å²) >= 11 is 9.33. The predicted molar refractivity (Wildman–Crippen MR) is 81.2 cm³/mol. The smallest absolute Gasteiger partial charge is 0.335 e. The molecule has 3 rings (SSSR count). The van der Waals surface area contributed by atoms with Crippen LogP contribution in [0.1, 0.15) is 10.4 Å². The van der Waals surface area contributed by atoms with Crippen LogP contribution < -0.4 is 0 Å². The monoisotopic (exact) mass is 350 g/mol. The minimum Gasteiger partial charge on any atom is -0.478 e. The number of imidazole rings is 1. The van der Waals surface area contributed by atoms with Gasteiger partial charge < -0.3 is 10.1 Å². The highest BCUT2D eigenvalue weighted by Crippen LogP contribution is 2.28. The number of aromatic carboxylic acids is 1. The van der Waals surface area contributed by atoms with E-state index in [1.165, 1.54) is 6.07 Å². The standard InChI is InChI=1S/C14H8BrClN2O2/c15-9-5-7(1-3-10(9)16)13-17-11-4-2-8(14(19)20)6-12(11)18-13/h1-6H,(H,17,18)(H,19,20). The van der Waals surface area contributed by atoms with Gasteiger partial charge in [0.15, 0.2) is 0 Å². The van der Waals surface area contributed by atoms with Gasteiger partial charge in [-0.3, -0.25) is 0 Å². The number of carboxylic acid groups (broad SMARTS) is 1. The number of benzene rings is 2. The van der Waals surface area contributed by atoms with E-state index in [1.54, 1.807) is 18.2 Å². The Hall–Kier alpha value is -1.85. The van der Waals surface area contributed by atoms with Gasteiger partial charge in [-0.05, 0) is 52.3 Å². The van der Waals surface area contributed by atoms with E-state index in [1.807, 2.05) is 12.1 Å². The summed E-state index contributed by atoms with van der Waals surface area (Å²) in [6.45, 7) is 0. The Bertz CT molecular complexity index is 829. The molecule has 0 bridgehead atoms. The van der Waals surface area contributed by atoms with Crippen LogP contribution in [0.4, 0.5) is 0 Å². The van der Waals surface area contributed by atoms with Crippen LogP contribution in [0, 0.1) is 0 Å². The van der Waals surface area contributed by atoms with E-state index in [0.29, 0.717) is 16.4 Å². The molecular weight excluding hydrogens is 344 g/mol. The van der Waals surface area contributed by atoms with Crippen molar-refractivity contribution in [1.29, 1.82) is 0 Å². The molecule has 0 amide bonds. The van der Waals surface area contributed by atoms with Gasteiger partial charge in [-0.2, -0.15) is 0 Å². The molecule has 3 aromatic rings. The van der Waals surface area contributed by atoms with Crippen LogP contribution in [-0.2, 0) is 0 Å². The summed E-state index contributed by atoms with van der Waals surface area (Å²) in [6, 6.07) is 10.3. The molecule has 2 N–H and O–H groups in total. The van der Waals surface area contributed by atoms with E-state index in [4.69, 9.17) is 16.7 Å². The molecule has 0 radical (unpaired) electrons. The van der Waals surface area contributed by atoms with Gasteiger partial charge in [0.2, 0.25) is 0 Å². The van der Waals surface area contributed by atoms with Crippen LogP contribution in [0.25, 0.3) is 22.4 Å². The first-order valence-corrected chi connectivity index (χ1v) is 6.90. The van der Waals surface area contributed by atoms with Crippen molar-refractivity contribution in [2.24, 2.45) is 0 Å². The first-order chi connectivity index (χ1) is 9.54. The first-order valence-electron chi connectivity index (χ1n) is 5.73. The van der Waals surface area contributed by atoms with Crippen molar-refractivity contribution in [3.8, 4) is 11.4 Å². The molecule has 1 heterocycles. The van der Waals surface area contributed by atoms with Crippen molar-refractivity contribution in [1.82, 2.24) is 9.97 Å². The second-order valence-corrected chi connectivity index (χ2v) is 5.51. The molecule has 0 saturated heterocycles. The Morgan fingerprint density at radius 1 is 1.25 bits per heavy atom. The second-order valence-electron chi connectivity index (χ2n) is 4.25. The molecule has 0 atom stereocenters. The first kappa shape index (κ1) is 13.1. The molecule has 2 aromatic carbocycles. The van der Waals surface area contributed by atoms with Gasteiger partial charge in [0.1, 0.15) is 5.82 Å². The fourth-order valence-corrected chi connectivity index (χ4v) is 2.42. The van der Waals surface area contributed by atoms with Crippen LogP contribution >= 0.6 is 27.5 Å². The van der Waals surface area contributed by atoms with Crippen LogP contribution in [0.5, 0.6) is 0 Å². The third-order valence-corrected chi connectivity index (χ3v) is 4.14. The van der Waals surface area contributed by atoms with Crippen LogP contribution in [0.3, 0.4) is 0 Å². The van der Waals surface area contributed by atoms with Crippen LogP contribution in [0.2, 0.25) is 5.02 Å². The van der Waals surface area contributed by atoms with Gasteiger partial charge in [-0.25, -0.2) is 9.78 Å². The van der Waals surface area contributed by atoms with E-state index in [9.17, 15) is 4.79 Å². The zero-order valence-electron chi connectivity index (χ0n) is 10.0. The third-order valence-electron chi connectivity index (χ3n) is 2.92. The number of nitrogens with zero attached hydrogens (tertiary/aromatic N) is 1. The number of halogens is 2. The fraction of sp³-hybridized carbons (Fsp3) is 0. The number of nitrogens with one attached hydrogen (secondary N) is 1. The number of carboxylic acids is 1. The minimum atomic E-state index is -0.961. The number of carbonyl (C=O) groups is 1. The average molecular weight is 352 g/mol. The maximum absolute atomic E-state index is 10.9. The van der Waals surface area contributed by atoms with Gasteiger partial charge >= 0.3 is 5.97 Å². The summed E-state index contributed by atoms with van der Waals surface area (Å²) in [4.78, 5) is 18.5. The van der Waals surface area contributed by atoms with Crippen molar-refractivity contribution < 1.29 is 9.90 Å². The summed E-state index contributed by atoms with van der Waals surface area (Å²) in [5.41, 5.74) is 2.50. The normalized spacial score (nSPS) is 10.9. The second kappa shape index (κ2) is 4.92. The molecule has 1 aromatic heterocycles. The van der Waals surface area contributed by atoms with Gasteiger partial charge in [0.25, 0.3) is 0 Å². The zero-order valence-corrected chi connectivity index (χ0v) is 12.4. The molecule has 20 heavy (non-hydrogen) atoms. The zero-order chi connectivity index (χ0) is 14.3. The lowest BCUT2D eigenvalue weighted by Gasteiger charge is -1.99. The van der Waals surface area contributed by atoms with Gasteiger partial charge in [0, 0.05) is 10.0 Å². The van der Waals surface area contributed by atoms with Gasteiger partial charge in [-0.15, -0.1) is 0 Å². The lowest BCUT2D eigenvalue weighted by molar-refractivity contribution is 0.0697. The van der Waals surface area contributed by atoms with Gasteiger partial charge in [0.05, 0.1) is 21.6 Å². The molecule has 0 spiro atoms. The molecule has 4 nitrogen and oxygen atoms in total. The number of aromatic nitrogens is 2. The molecular formula is C14H8BrClN2O2. The highest BCUT2D eigenvalue weighted by atomic mass is 79.9. The Morgan fingerprint density at radius 2 is 2.05 bits per heavy atom. The van der Waals surface area contributed by atoms with Crippen molar-refractivity contribution in [2.75, 3.05) is 0 Å².